The molecule has 98 valence electrons. The lowest BCUT2D eigenvalue weighted by atomic mass is 10.2. The summed E-state index contributed by atoms with van der Waals surface area (Å²) in [5.41, 5.74) is 1.79. The number of nitrogens with zero attached hydrogens (tertiary/aromatic N) is 2. The van der Waals surface area contributed by atoms with Crippen LogP contribution in [0, 0.1) is 0 Å². The number of sulfonamides is 1. The predicted octanol–water partition coefficient (Wildman–Crippen LogP) is -0.216. The normalized spacial score (nSPS) is 11.9. The van der Waals surface area contributed by atoms with Crippen LogP contribution in [0.4, 0.5) is 0 Å². The van der Waals surface area contributed by atoms with Crippen LogP contribution in [0.25, 0.3) is 0 Å². The molecule has 1 aromatic rings. The zero-order valence-electron chi connectivity index (χ0n) is 10.2. The van der Waals surface area contributed by atoms with Crippen LogP contribution in [0.5, 0.6) is 0 Å². The van der Waals surface area contributed by atoms with Crippen LogP contribution in [0.2, 0.25) is 0 Å². The lowest BCUT2D eigenvalue weighted by Crippen LogP contribution is -2.26. The zero-order chi connectivity index (χ0) is 12.9. The summed E-state index contributed by atoms with van der Waals surface area (Å²) in [6, 6.07) is 0. The summed E-state index contributed by atoms with van der Waals surface area (Å²) >= 11 is 0. The number of aliphatic hydroxyl groups excluding tert-OH is 1. The minimum atomic E-state index is -3.30. The Morgan fingerprint density at radius 2 is 2.24 bits per heavy atom. The second kappa shape index (κ2) is 6.13. The third-order valence-electron chi connectivity index (χ3n) is 2.38. The summed E-state index contributed by atoms with van der Waals surface area (Å²) in [6.45, 7) is 2.12. The molecule has 1 aromatic heterocycles. The number of aromatic nitrogens is 2. The first kappa shape index (κ1) is 14.1. The summed E-state index contributed by atoms with van der Waals surface area (Å²) in [5.74, 6) is -0.0504. The molecule has 6 nitrogen and oxygen atoms in total. The van der Waals surface area contributed by atoms with E-state index < -0.39 is 10.0 Å². The minimum Gasteiger partial charge on any atom is -0.396 e. The Morgan fingerprint density at radius 3 is 2.82 bits per heavy atom. The molecular formula is C10H19N3O3S. The highest BCUT2D eigenvalue weighted by Crippen LogP contribution is 2.07. The highest BCUT2D eigenvalue weighted by atomic mass is 32.2. The summed E-state index contributed by atoms with van der Waals surface area (Å²) in [7, 11) is -1.50. The highest BCUT2D eigenvalue weighted by Gasteiger charge is 2.12. The van der Waals surface area contributed by atoms with E-state index in [0.29, 0.717) is 0 Å². The van der Waals surface area contributed by atoms with E-state index >= 15 is 0 Å². The molecule has 0 saturated carbocycles. The van der Waals surface area contributed by atoms with Crippen LogP contribution in [0.1, 0.15) is 24.6 Å². The summed E-state index contributed by atoms with van der Waals surface area (Å²) < 4.78 is 27.2. The highest BCUT2D eigenvalue weighted by molar-refractivity contribution is 7.89. The molecule has 17 heavy (non-hydrogen) atoms. The fourth-order valence-corrected chi connectivity index (χ4v) is 2.57. The van der Waals surface area contributed by atoms with Crippen molar-refractivity contribution in [2.45, 2.75) is 26.3 Å². The first-order valence-electron chi connectivity index (χ1n) is 5.58. The van der Waals surface area contributed by atoms with Gasteiger partial charge in [0.1, 0.15) is 0 Å². The minimum absolute atomic E-state index is 0.0504. The first-order valence-corrected chi connectivity index (χ1v) is 7.23. The third-order valence-corrected chi connectivity index (χ3v) is 3.79. The van der Waals surface area contributed by atoms with Crippen LogP contribution < -0.4 is 4.72 Å². The van der Waals surface area contributed by atoms with Crippen LogP contribution >= 0.6 is 0 Å². The average molecular weight is 261 g/mol. The van der Waals surface area contributed by atoms with E-state index in [-0.39, 0.29) is 25.3 Å². The Kier molecular flexibility index (Phi) is 5.10. The monoisotopic (exact) mass is 261 g/mol. The van der Waals surface area contributed by atoms with Gasteiger partial charge in [0.05, 0.1) is 11.4 Å². The van der Waals surface area contributed by atoms with Crippen molar-refractivity contribution in [2.24, 2.45) is 7.05 Å². The molecule has 0 aliphatic rings. The second-order valence-electron chi connectivity index (χ2n) is 3.85. The lowest BCUT2D eigenvalue weighted by Gasteiger charge is -2.05. The van der Waals surface area contributed by atoms with Gasteiger partial charge in [-0.15, -0.1) is 0 Å². The van der Waals surface area contributed by atoms with Crippen LogP contribution in [0.3, 0.4) is 0 Å². The van der Waals surface area contributed by atoms with Gasteiger partial charge in [-0.25, -0.2) is 13.1 Å². The smallest absolute Gasteiger partial charge is 0.211 e. The Morgan fingerprint density at radius 1 is 1.53 bits per heavy atom. The van der Waals surface area contributed by atoms with Gasteiger partial charge < -0.3 is 5.11 Å². The quantitative estimate of drug-likeness (QED) is 0.711. The van der Waals surface area contributed by atoms with Crippen molar-refractivity contribution in [3.8, 4) is 0 Å². The van der Waals surface area contributed by atoms with Gasteiger partial charge in [0.15, 0.2) is 0 Å². The Bertz CT molecular complexity index is 453. The van der Waals surface area contributed by atoms with Gasteiger partial charge >= 0.3 is 0 Å². The summed E-state index contributed by atoms with van der Waals surface area (Å²) in [6.07, 6.45) is 2.84. The van der Waals surface area contributed by atoms with Crippen LogP contribution in [-0.2, 0) is 30.0 Å². The van der Waals surface area contributed by atoms with Gasteiger partial charge in [-0.3, -0.25) is 4.68 Å². The number of aryl methyl sites for hydroxylation is 2. The maximum atomic E-state index is 11.5. The molecule has 0 aliphatic heterocycles. The van der Waals surface area contributed by atoms with Crippen LogP contribution in [0.15, 0.2) is 6.20 Å². The van der Waals surface area contributed by atoms with E-state index in [4.69, 9.17) is 5.11 Å². The number of hydrogen-bond donors (Lipinski definition) is 2. The summed E-state index contributed by atoms with van der Waals surface area (Å²) in [4.78, 5) is 0. The SMILES string of the molecule is CCc1nn(C)cc1CNS(=O)(=O)CCCO. The molecule has 0 fully saturated rings. The van der Waals surface area contributed by atoms with Crippen LogP contribution in [-0.4, -0.2) is 35.7 Å². The molecular weight excluding hydrogens is 242 g/mol. The fraction of sp³-hybridized carbons (Fsp3) is 0.700. The van der Waals surface area contributed by atoms with E-state index in [1.807, 2.05) is 20.2 Å². The number of hydrogen-bond acceptors (Lipinski definition) is 4. The van der Waals surface area contributed by atoms with Gasteiger partial charge in [-0.1, -0.05) is 6.92 Å². The van der Waals surface area contributed by atoms with Crippen molar-refractivity contribution in [2.75, 3.05) is 12.4 Å². The molecule has 0 unspecified atom stereocenters. The van der Waals surface area contributed by atoms with Crippen molar-refractivity contribution in [1.29, 1.82) is 0 Å². The Balaban J connectivity index is 2.60. The second-order valence-corrected chi connectivity index (χ2v) is 5.77. The maximum absolute atomic E-state index is 11.5. The topological polar surface area (TPSA) is 84.2 Å². The molecule has 7 heteroatoms. The average Bonchev–Trinajstić information content (AvgIpc) is 2.65. The predicted molar refractivity (Wildman–Crippen MR) is 64.9 cm³/mol. The van der Waals surface area contributed by atoms with Crippen molar-refractivity contribution in [3.63, 3.8) is 0 Å². The molecule has 1 heterocycles. The van der Waals surface area contributed by atoms with Gasteiger partial charge in [-0.05, 0) is 12.8 Å². The zero-order valence-corrected chi connectivity index (χ0v) is 11.0. The molecule has 0 spiro atoms. The molecule has 0 aliphatic carbocycles. The van der Waals surface area contributed by atoms with E-state index in [2.05, 4.69) is 9.82 Å². The molecule has 0 amide bonds. The maximum Gasteiger partial charge on any atom is 0.211 e. The summed E-state index contributed by atoms with van der Waals surface area (Å²) in [5, 5.41) is 12.8. The van der Waals surface area contributed by atoms with Crippen molar-refractivity contribution in [1.82, 2.24) is 14.5 Å². The van der Waals surface area contributed by atoms with Gasteiger partial charge in [0.2, 0.25) is 10.0 Å². The molecule has 0 saturated heterocycles. The van der Waals surface area contributed by atoms with Gasteiger partial charge in [-0.2, -0.15) is 5.10 Å². The molecule has 0 aromatic carbocycles. The molecule has 2 N–H and O–H groups in total. The largest absolute Gasteiger partial charge is 0.396 e. The van der Waals surface area contributed by atoms with Crippen molar-refractivity contribution in [3.05, 3.63) is 17.5 Å². The van der Waals surface area contributed by atoms with E-state index in [1.165, 1.54) is 0 Å². The number of rotatable bonds is 7. The van der Waals surface area contributed by atoms with Gasteiger partial charge in [0, 0.05) is 32.0 Å². The molecule has 0 atom stereocenters. The van der Waals surface area contributed by atoms with Gasteiger partial charge in [0.25, 0.3) is 0 Å². The molecule has 0 bridgehead atoms. The number of nitrogens with one attached hydrogen (secondary N) is 1. The lowest BCUT2D eigenvalue weighted by molar-refractivity contribution is 0.295. The van der Waals surface area contributed by atoms with E-state index in [1.54, 1.807) is 4.68 Å². The third kappa shape index (κ3) is 4.45. The van der Waals surface area contributed by atoms with Crippen molar-refractivity contribution < 1.29 is 13.5 Å². The Labute approximate surface area is 102 Å². The Hall–Kier alpha value is -0.920. The number of aliphatic hydroxyl groups is 1. The standard InChI is InChI=1S/C10H19N3O3S/c1-3-10-9(8-13(2)12-10)7-11-17(15,16)6-4-5-14/h8,11,14H,3-7H2,1-2H3. The van der Waals surface area contributed by atoms with Crippen molar-refractivity contribution >= 4 is 10.0 Å². The van der Waals surface area contributed by atoms with E-state index in [0.717, 1.165) is 17.7 Å². The molecule has 0 radical (unpaired) electrons. The van der Waals surface area contributed by atoms with E-state index in [9.17, 15) is 8.42 Å². The molecule has 1 rings (SSSR count). The fourth-order valence-electron chi connectivity index (χ4n) is 1.54. The first-order chi connectivity index (χ1) is 7.98.